The third-order valence-electron chi connectivity index (χ3n) is 30.3. The van der Waals surface area contributed by atoms with E-state index in [4.69, 9.17) is 75.8 Å². The Labute approximate surface area is 732 Å². The van der Waals surface area contributed by atoms with Gasteiger partial charge < -0.3 is 173 Å². The Morgan fingerprint density at radius 2 is 1.02 bits per heavy atom. The molecule has 0 spiro atoms. The summed E-state index contributed by atoms with van der Waals surface area (Å²) in [5, 5.41) is 210. The van der Waals surface area contributed by atoms with Crippen LogP contribution >= 0.6 is 0 Å². The van der Waals surface area contributed by atoms with Crippen molar-refractivity contribution in [3.63, 3.8) is 0 Å². The summed E-state index contributed by atoms with van der Waals surface area (Å²) < 4.78 is 97.2. The van der Waals surface area contributed by atoms with Crippen LogP contribution in [-0.2, 0) is 90.2 Å². The van der Waals surface area contributed by atoms with E-state index in [-0.39, 0.29) is 65.9 Å². The SMILES string of the molecule is C=C[C@@](C)(O)CC/C=C(\C)C(=O)OC[C@@H]1O[C@H](OC(=O)[C@@]23CCC(C)(C)C[C@H]2C2=CC[C@H]4[C@]5(C)CC[C@H](O[C@H]6O[C@@H](CO[C@H]7OC[C@H](O)[C@@H](O)[C@@H]7O[C@H]7OC[C@H](O)[C@@H](O)[C@@H]7O)[C@H](O)[C@@H](O)[C@@H]6O)C(C)(C)[C@H]5CC[C@@]4(C)[C@]2(C)CC3)[C@@H](O[C@H]2O[C@@H](C)[C@H](O[C@H]3OC[C@H](O)[C@@H](O[C@H]4OC[C@H](O)[C@@H](O)[C@@H]4O)[C@@H]3O)[C@@H](O)[C@@H]2O)[C@H](OC(=O)/C(=C/CC[C@](C)(O)C=C)CO)[C@H]1O. The van der Waals surface area contributed by atoms with Crippen molar-refractivity contribution in [1.29, 1.82) is 0 Å². The summed E-state index contributed by atoms with van der Waals surface area (Å²) in [5.41, 5.74) is -5.57. The molecule has 12 aliphatic rings. The molecule has 11 fully saturated rings. The second-order valence-electron chi connectivity index (χ2n) is 39.7. The maximum Gasteiger partial charge on any atom is 0.336 e. The van der Waals surface area contributed by atoms with E-state index < -0.39 is 300 Å². The first kappa shape index (κ1) is 101. The lowest BCUT2D eigenvalue weighted by molar-refractivity contribution is -0.379. The lowest BCUT2D eigenvalue weighted by Gasteiger charge is -2.71. The number of carbonyl (C=O) groups is 3. The lowest BCUT2D eigenvalue weighted by atomic mass is 9.33. The molecule has 38 heteroatoms. The largest absolute Gasteiger partial charge is 0.459 e. The molecule has 0 aromatic carbocycles. The molecule has 12 rings (SSSR count). The van der Waals surface area contributed by atoms with Gasteiger partial charge in [0.05, 0.1) is 74.0 Å². The molecule has 7 heterocycles. The molecule has 0 aromatic heterocycles. The highest BCUT2D eigenvalue weighted by atomic mass is 16.8. The van der Waals surface area contributed by atoms with Gasteiger partial charge in [0.25, 0.3) is 0 Å². The van der Waals surface area contributed by atoms with Crippen molar-refractivity contribution in [3.05, 3.63) is 60.3 Å². The van der Waals surface area contributed by atoms with Crippen LogP contribution in [0.25, 0.3) is 0 Å². The average Bonchev–Trinajstić information content (AvgIpc) is 0.673. The predicted octanol–water partition coefficient (Wildman–Crippen LogP) is -1.58. The molecule has 718 valence electrons. The monoisotopic (exact) mass is 1800 g/mol. The Kier molecular flexibility index (Phi) is 31.8. The zero-order valence-corrected chi connectivity index (χ0v) is 73.6. The molecule has 41 atom stereocenters. The maximum absolute atomic E-state index is 16.6. The molecule has 0 bridgehead atoms. The molecule has 19 N–H and O–H groups in total. The molecule has 0 unspecified atom stereocenters. The lowest BCUT2D eigenvalue weighted by Crippen LogP contribution is -2.67. The van der Waals surface area contributed by atoms with Crippen molar-refractivity contribution in [2.75, 3.05) is 46.2 Å². The van der Waals surface area contributed by atoms with Crippen LogP contribution in [0.4, 0.5) is 0 Å². The topological polar surface area (TPSA) is 583 Å². The molecule has 0 amide bonds. The second-order valence-corrected chi connectivity index (χ2v) is 39.7. The fourth-order valence-corrected chi connectivity index (χ4v) is 21.9. The van der Waals surface area contributed by atoms with Gasteiger partial charge in [-0.05, 0) is 162 Å². The first-order chi connectivity index (χ1) is 59.0. The minimum atomic E-state index is -2.19. The number of carbonyl (C=O) groups excluding carboxylic acids is 3. The van der Waals surface area contributed by atoms with Crippen molar-refractivity contribution >= 4 is 17.9 Å². The van der Waals surface area contributed by atoms with E-state index in [0.717, 1.165) is 12.0 Å². The number of aliphatic hydroxyl groups is 19. The number of allylic oxidation sites excluding steroid dienone is 4. The number of aliphatic hydroxyl groups excluding tert-OH is 17. The van der Waals surface area contributed by atoms with Crippen LogP contribution in [0.15, 0.2) is 60.3 Å². The van der Waals surface area contributed by atoms with Gasteiger partial charge in [0, 0.05) is 5.57 Å². The number of rotatable bonds is 29. The van der Waals surface area contributed by atoms with Gasteiger partial charge in [0.15, 0.2) is 49.9 Å². The molecule has 0 radical (unpaired) electrons. The minimum absolute atomic E-state index is 0.0104. The Morgan fingerprint density at radius 1 is 0.500 bits per heavy atom. The van der Waals surface area contributed by atoms with Crippen LogP contribution in [0.3, 0.4) is 0 Å². The van der Waals surface area contributed by atoms with Gasteiger partial charge in [-0.25, -0.2) is 9.59 Å². The minimum Gasteiger partial charge on any atom is -0.459 e. The standard InChI is InChI=1S/C88H138O38/c1-14-83(9,109)24-16-18-40(3)71(106)111-38-50-58(98)68(121-72(107)42(33-89)19-17-25-84(10,110)15-2)70(125-76-64(104)60(100)66(41(4)117-76)122-75-65(105)67(48(93)37-114-75)123-73-61(101)54(94)45(90)34-112-73)79(119-50)126-80(108)88-30-28-81(5,6)32-44(88)43-20-21-52-85(11)26-23-53(82(7,8)51(85)22-27-87(52,13)86(43,12)29-31-88)120-77-63(103)59(99)57(97)49(118-77)39-116-78-69(56(96)47(92)36-115-78)124-74-62(102)55(95)46(91)35-113-74/h14-15,18-20,41,44-70,73-79,89-105,109-110H,1-2,16-17,21-39H2,3-13H3/b40-18+,42-19+/t41-,44-,45-,46-,47-,48-,49-,50-,51+,52-,53-,54+,55+,56+,57-,58-,59+,60-,61-,62-,63-,64-,65-,66-,67+,68+,69-,70-,73+,74+,75+,76+,77+,78+,79+,83+,84+,85+,86+,87+,88+/m0/s1. The van der Waals surface area contributed by atoms with Gasteiger partial charge in [0.2, 0.25) is 6.29 Å². The molecule has 7 aliphatic heterocycles. The van der Waals surface area contributed by atoms with Crippen LogP contribution in [0.1, 0.15) is 166 Å². The van der Waals surface area contributed by atoms with Gasteiger partial charge in [-0.15, -0.1) is 13.2 Å². The van der Waals surface area contributed by atoms with Crippen molar-refractivity contribution in [2.24, 2.45) is 50.2 Å². The normalized spacial score (nSPS) is 47.2. The Morgan fingerprint density at radius 3 is 1.64 bits per heavy atom. The van der Waals surface area contributed by atoms with Crippen LogP contribution in [0, 0.1) is 50.2 Å². The summed E-state index contributed by atoms with van der Waals surface area (Å²) in [5.74, 6) is -3.39. The van der Waals surface area contributed by atoms with E-state index in [2.05, 4.69) is 67.7 Å². The molecule has 38 nitrogen and oxygen atoms in total. The molecule has 7 saturated heterocycles. The fraction of sp³-hybridized carbons (Fsp3) is 0.852. The summed E-state index contributed by atoms with van der Waals surface area (Å²) >= 11 is 0. The first-order valence-corrected chi connectivity index (χ1v) is 44.2. The summed E-state index contributed by atoms with van der Waals surface area (Å²) in [4.78, 5) is 45.3. The number of ether oxygens (including phenoxy) is 16. The van der Waals surface area contributed by atoms with E-state index in [1.807, 2.05) is 0 Å². The van der Waals surface area contributed by atoms with E-state index in [1.54, 1.807) is 6.92 Å². The number of esters is 3. The molecular weight excluding hydrogens is 1660 g/mol. The highest BCUT2D eigenvalue weighted by Gasteiger charge is 2.71. The average molecular weight is 1800 g/mol. The van der Waals surface area contributed by atoms with Crippen molar-refractivity contribution in [3.8, 4) is 0 Å². The Hall–Kier alpha value is -4.17. The molecular formula is C88H138O38. The number of fused-ring (bicyclic) bond motifs is 7. The third-order valence-corrected chi connectivity index (χ3v) is 30.3. The zero-order valence-electron chi connectivity index (χ0n) is 73.6. The zero-order chi connectivity index (χ0) is 92.4. The predicted molar refractivity (Wildman–Crippen MR) is 432 cm³/mol. The van der Waals surface area contributed by atoms with Gasteiger partial charge in [-0.1, -0.05) is 84.4 Å². The van der Waals surface area contributed by atoms with Gasteiger partial charge in [-0.2, -0.15) is 0 Å². The van der Waals surface area contributed by atoms with Gasteiger partial charge in [-0.3, -0.25) is 4.79 Å². The van der Waals surface area contributed by atoms with Gasteiger partial charge >= 0.3 is 17.9 Å². The van der Waals surface area contributed by atoms with Crippen molar-refractivity contribution in [2.45, 2.75) is 374 Å². The van der Waals surface area contributed by atoms with E-state index >= 15 is 4.79 Å². The van der Waals surface area contributed by atoms with E-state index in [1.165, 1.54) is 45.1 Å². The third kappa shape index (κ3) is 20.3. The quantitative estimate of drug-likeness (QED) is 0.0132. The van der Waals surface area contributed by atoms with Crippen LogP contribution in [0.2, 0.25) is 0 Å². The molecule has 0 aromatic rings. The summed E-state index contributed by atoms with van der Waals surface area (Å²) in [6, 6.07) is 0. The molecule has 126 heavy (non-hydrogen) atoms. The highest BCUT2D eigenvalue weighted by Crippen LogP contribution is 2.76. The highest BCUT2D eigenvalue weighted by molar-refractivity contribution is 5.89. The number of hydrogen-bond donors (Lipinski definition) is 19. The van der Waals surface area contributed by atoms with Crippen LogP contribution in [-0.4, -0.2) is 369 Å². The van der Waals surface area contributed by atoms with Crippen LogP contribution in [0.5, 0.6) is 0 Å². The van der Waals surface area contributed by atoms with Crippen molar-refractivity contribution < 1.29 is 187 Å². The smallest absolute Gasteiger partial charge is 0.336 e. The number of hydrogen-bond acceptors (Lipinski definition) is 38. The van der Waals surface area contributed by atoms with Gasteiger partial charge in [0.1, 0.15) is 135 Å². The Balaban J connectivity index is 0.812. The molecule has 4 saturated carbocycles. The van der Waals surface area contributed by atoms with Crippen LogP contribution < -0.4 is 0 Å². The van der Waals surface area contributed by atoms with Crippen molar-refractivity contribution in [1.82, 2.24) is 0 Å². The first-order valence-electron chi connectivity index (χ1n) is 44.2. The summed E-state index contributed by atoms with van der Waals surface area (Å²) in [7, 11) is 0. The summed E-state index contributed by atoms with van der Waals surface area (Å²) in [6.07, 6.45) is -41.2. The molecule has 5 aliphatic carbocycles. The second kappa shape index (κ2) is 39.8. The van der Waals surface area contributed by atoms with E-state index in [9.17, 15) is 107 Å². The van der Waals surface area contributed by atoms with E-state index in [0.29, 0.717) is 51.4 Å². The Bertz CT molecular complexity index is 3820. The fourth-order valence-electron chi connectivity index (χ4n) is 21.9. The summed E-state index contributed by atoms with van der Waals surface area (Å²) in [6.45, 7) is 24.5. The maximum atomic E-state index is 16.6.